The Hall–Kier alpha value is -4.72. The number of amides is 1. The number of hydrogen-bond donors (Lipinski definition) is 3. The van der Waals surface area contributed by atoms with E-state index in [0.717, 1.165) is 5.69 Å². The van der Waals surface area contributed by atoms with E-state index in [1.807, 2.05) is 6.07 Å². The number of aryl methyl sites for hydroxylation is 1. The van der Waals surface area contributed by atoms with Crippen molar-refractivity contribution in [2.24, 2.45) is 0 Å². The SMILES string of the molecule is COC(=O)c1cc(OS(=O)Nc2ccc(C)c(C(=O)NC(C)c3nnc4cc(C(C)(C)C)[nH]n34)c2)cc(C(=O)OC)c1. The zero-order valence-electron chi connectivity index (χ0n) is 24.2. The molecular weight excluding hydrogens is 564 g/mol. The number of H-pyrrole nitrogens is 1. The summed E-state index contributed by atoms with van der Waals surface area (Å²) in [6.45, 7) is 9.82. The van der Waals surface area contributed by atoms with E-state index in [1.165, 1.54) is 38.5 Å². The molecule has 0 aliphatic heterocycles. The fraction of sp³-hybridized carbons (Fsp3) is 0.321. The highest BCUT2D eigenvalue weighted by Gasteiger charge is 2.23. The molecular formula is C28H32N6O7S. The zero-order valence-corrected chi connectivity index (χ0v) is 25.0. The number of carbonyl (C=O) groups excluding carboxylic acids is 3. The van der Waals surface area contributed by atoms with Crippen LogP contribution in [0, 0.1) is 6.92 Å². The van der Waals surface area contributed by atoms with Crippen molar-refractivity contribution < 1.29 is 32.2 Å². The quantitative estimate of drug-likeness (QED) is 0.244. The fourth-order valence-electron chi connectivity index (χ4n) is 4.06. The maximum atomic E-state index is 13.3. The Labute approximate surface area is 244 Å². The minimum Gasteiger partial charge on any atom is -0.465 e. The van der Waals surface area contributed by atoms with Gasteiger partial charge in [0.1, 0.15) is 5.75 Å². The number of fused-ring (bicyclic) bond motifs is 1. The standard InChI is InChI=1S/C28H32N6O7S/c1-15-8-9-19(33-42(38)41-20-11-17(26(36)39-6)10-18(12-20)27(37)40-7)13-21(15)25(35)29-16(2)24-31-30-23-14-22(28(3,4)5)32-34(23)24/h8-14,16,32-33H,1-7H3,(H,29,35). The molecule has 0 fully saturated rings. The highest BCUT2D eigenvalue weighted by molar-refractivity contribution is 7.81. The molecule has 14 heteroatoms. The van der Waals surface area contributed by atoms with E-state index in [-0.39, 0.29) is 28.2 Å². The molecule has 1 amide bonds. The number of ether oxygens (including phenoxy) is 2. The maximum Gasteiger partial charge on any atom is 0.338 e. The lowest BCUT2D eigenvalue weighted by molar-refractivity contribution is 0.0598. The Bertz CT molecular complexity index is 1650. The van der Waals surface area contributed by atoms with Crippen LogP contribution < -0.4 is 14.2 Å². The third kappa shape index (κ3) is 6.60. The van der Waals surface area contributed by atoms with Crippen LogP contribution >= 0.6 is 0 Å². The summed E-state index contributed by atoms with van der Waals surface area (Å²) >= 11 is -2.16. The van der Waals surface area contributed by atoms with Gasteiger partial charge in [0, 0.05) is 22.7 Å². The Balaban J connectivity index is 1.49. The second-order valence-corrected chi connectivity index (χ2v) is 11.4. The molecule has 42 heavy (non-hydrogen) atoms. The summed E-state index contributed by atoms with van der Waals surface area (Å²) in [5.41, 5.74) is 2.89. The first kappa shape index (κ1) is 30.2. The van der Waals surface area contributed by atoms with Gasteiger partial charge in [0.2, 0.25) is 0 Å². The summed E-state index contributed by atoms with van der Waals surface area (Å²) in [5, 5.41) is 14.7. The van der Waals surface area contributed by atoms with E-state index in [0.29, 0.717) is 28.3 Å². The first-order valence-electron chi connectivity index (χ1n) is 12.8. The van der Waals surface area contributed by atoms with Crippen LogP contribution in [-0.2, 0) is 26.2 Å². The van der Waals surface area contributed by atoms with Crippen LogP contribution in [0.5, 0.6) is 5.75 Å². The first-order chi connectivity index (χ1) is 19.8. The van der Waals surface area contributed by atoms with Gasteiger partial charge in [-0.2, -0.15) is 4.21 Å². The summed E-state index contributed by atoms with van der Waals surface area (Å²) < 4.78 is 32.1. The van der Waals surface area contributed by atoms with Crippen molar-refractivity contribution in [2.45, 2.75) is 46.1 Å². The predicted molar refractivity (Wildman–Crippen MR) is 155 cm³/mol. The second-order valence-electron chi connectivity index (χ2n) is 10.5. The molecule has 0 radical (unpaired) electrons. The van der Waals surface area contributed by atoms with E-state index in [9.17, 15) is 18.6 Å². The van der Waals surface area contributed by atoms with Crippen LogP contribution in [0.1, 0.15) is 81.9 Å². The van der Waals surface area contributed by atoms with Crippen molar-refractivity contribution in [1.29, 1.82) is 0 Å². The second kappa shape index (κ2) is 12.0. The Morgan fingerprint density at radius 2 is 1.62 bits per heavy atom. The molecule has 2 atom stereocenters. The minimum atomic E-state index is -2.16. The lowest BCUT2D eigenvalue weighted by Crippen LogP contribution is -2.29. The van der Waals surface area contributed by atoms with Crippen molar-refractivity contribution in [1.82, 2.24) is 25.1 Å². The van der Waals surface area contributed by atoms with Gasteiger partial charge in [-0.3, -0.25) is 14.6 Å². The number of methoxy groups -OCH3 is 2. The summed E-state index contributed by atoms with van der Waals surface area (Å²) in [5.74, 6) is -1.31. The number of aromatic nitrogens is 4. The Morgan fingerprint density at radius 3 is 2.21 bits per heavy atom. The smallest absolute Gasteiger partial charge is 0.338 e. The topological polar surface area (TPSA) is 166 Å². The van der Waals surface area contributed by atoms with Crippen molar-refractivity contribution in [3.63, 3.8) is 0 Å². The van der Waals surface area contributed by atoms with E-state index < -0.39 is 29.2 Å². The number of rotatable bonds is 9. The van der Waals surface area contributed by atoms with Gasteiger partial charge in [-0.05, 0) is 49.7 Å². The molecule has 0 aliphatic rings. The van der Waals surface area contributed by atoms with Crippen LogP contribution in [0.4, 0.5) is 5.69 Å². The molecule has 3 N–H and O–H groups in total. The molecule has 0 spiro atoms. The van der Waals surface area contributed by atoms with Crippen LogP contribution in [0.25, 0.3) is 5.65 Å². The number of anilines is 1. The van der Waals surface area contributed by atoms with Crippen LogP contribution in [0.15, 0.2) is 42.5 Å². The number of nitrogens with zero attached hydrogens (tertiary/aromatic N) is 3. The normalized spacial score (nSPS) is 12.8. The highest BCUT2D eigenvalue weighted by atomic mass is 32.2. The maximum absolute atomic E-state index is 13.3. The molecule has 2 aromatic heterocycles. The monoisotopic (exact) mass is 596 g/mol. The average Bonchev–Trinajstić information content (AvgIpc) is 3.54. The van der Waals surface area contributed by atoms with Crippen LogP contribution in [0.3, 0.4) is 0 Å². The summed E-state index contributed by atoms with van der Waals surface area (Å²) in [7, 11) is 2.38. The third-order valence-corrected chi connectivity index (χ3v) is 7.11. The van der Waals surface area contributed by atoms with E-state index >= 15 is 0 Å². The van der Waals surface area contributed by atoms with Crippen molar-refractivity contribution in [3.05, 3.63) is 76.2 Å². The summed E-state index contributed by atoms with van der Waals surface area (Å²) in [6, 6.07) is 10.1. The number of carbonyl (C=O) groups is 3. The number of esters is 2. The first-order valence-corrected chi connectivity index (χ1v) is 13.9. The van der Waals surface area contributed by atoms with Gasteiger partial charge >= 0.3 is 23.2 Å². The molecule has 0 bridgehead atoms. The largest absolute Gasteiger partial charge is 0.465 e. The lowest BCUT2D eigenvalue weighted by Gasteiger charge is -2.16. The van der Waals surface area contributed by atoms with Crippen LogP contribution in [-0.4, -0.2) is 56.1 Å². The minimum absolute atomic E-state index is 0.00902. The van der Waals surface area contributed by atoms with E-state index in [1.54, 1.807) is 30.5 Å². The molecule has 0 saturated carbocycles. The molecule has 13 nitrogen and oxygen atoms in total. The number of benzene rings is 2. The van der Waals surface area contributed by atoms with Crippen molar-refractivity contribution in [3.8, 4) is 5.75 Å². The molecule has 2 heterocycles. The van der Waals surface area contributed by atoms with Gasteiger partial charge in [-0.15, -0.1) is 10.2 Å². The summed E-state index contributed by atoms with van der Waals surface area (Å²) in [4.78, 5) is 37.3. The molecule has 2 unspecified atom stereocenters. The van der Waals surface area contributed by atoms with Gasteiger partial charge < -0.3 is 19.0 Å². The molecule has 2 aromatic carbocycles. The van der Waals surface area contributed by atoms with Gasteiger partial charge in [0.25, 0.3) is 5.91 Å². The molecule has 222 valence electrons. The third-order valence-electron chi connectivity index (χ3n) is 6.37. The number of aromatic amines is 1. The van der Waals surface area contributed by atoms with E-state index in [2.05, 4.69) is 46.1 Å². The molecule has 4 rings (SSSR count). The van der Waals surface area contributed by atoms with Crippen LogP contribution in [0.2, 0.25) is 0 Å². The Kier molecular flexibility index (Phi) is 8.66. The van der Waals surface area contributed by atoms with E-state index in [4.69, 9.17) is 13.7 Å². The molecule has 0 aliphatic carbocycles. The Morgan fingerprint density at radius 1 is 0.976 bits per heavy atom. The predicted octanol–water partition coefficient (Wildman–Crippen LogP) is 3.80. The molecule has 0 saturated heterocycles. The van der Waals surface area contributed by atoms with Gasteiger partial charge in [0.05, 0.1) is 37.1 Å². The lowest BCUT2D eigenvalue weighted by atomic mass is 9.93. The van der Waals surface area contributed by atoms with Crippen molar-refractivity contribution in [2.75, 3.05) is 18.9 Å². The zero-order chi connectivity index (χ0) is 30.8. The van der Waals surface area contributed by atoms with Gasteiger partial charge in [-0.25, -0.2) is 14.1 Å². The van der Waals surface area contributed by atoms with Crippen molar-refractivity contribution >= 4 is 40.4 Å². The number of hydrogen-bond acceptors (Lipinski definition) is 9. The van der Waals surface area contributed by atoms with Gasteiger partial charge in [-0.1, -0.05) is 26.8 Å². The number of nitrogens with one attached hydrogen (secondary N) is 3. The molecule has 4 aromatic rings. The fourth-order valence-corrected chi connectivity index (χ4v) is 4.69. The highest BCUT2D eigenvalue weighted by Crippen LogP contribution is 2.24. The average molecular weight is 597 g/mol. The summed E-state index contributed by atoms with van der Waals surface area (Å²) in [6.07, 6.45) is 0. The van der Waals surface area contributed by atoms with Gasteiger partial charge in [0.15, 0.2) is 11.5 Å².